The Morgan fingerprint density at radius 3 is 2.76 bits per heavy atom. The molecule has 106 valence electrons. The summed E-state index contributed by atoms with van der Waals surface area (Å²) in [6, 6.07) is 11.2. The lowest BCUT2D eigenvalue weighted by molar-refractivity contribution is 0.335. The fraction of sp³-hybridized carbons (Fsp3) is 0. The van der Waals surface area contributed by atoms with Crippen molar-refractivity contribution in [3.05, 3.63) is 51.3 Å². The van der Waals surface area contributed by atoms with Crippen LogP contribution in [0.15, 0.2) is 42.7 Å². The molecule has 0 aliphatic carbocycles. The lowest BCUT2D eigenvalue weighted by Crippen LogP contribution is -2.02. The molecule has 1 aromatic heterocycles. The van der Waals surface area contributed by atoms with E-state index in [2.05, 4.69) is 42.7 Å². The first kappa shape index (κ1) is 14.3. The summed E-state index contributed by atoms with van der Waals surface area (Å²) in [4.78, 5) is 13.2. The Kier molecular flexibility index (Phi) is 4.09. The van der Waals surface area contributed by atoms with Gasteiger partial charge in [-0.05, 0) is 59.0 Å². The van der Waals surface area contributed by atoms with Gasteiger partial charge < -0.3 is 10.2 Å². The molecule has 21 heavy (non-hydrogen) atoms. The van der Waals surface area contributed by atoms with Gasteiger partial charge in [-0.25, -0.2) is 9.97 Å². The molecule has 0 amide bonds. The number of fused-ring (bicyclic) bond motifs is 1. The highest BCUT2D eigenvalue weighted by atomic mass is 127. The molecular weight excluding hydrogens is 403 g/mol. The smallest absolute Gasteiger partial charge is 0.165 e. The summed E-state index contributed by atoms with van der Waals surface area (Å²) in [5, 5.41) is 4.60. The Hall–Kier alpha value is -1.64. The van der Waals surface area contributed by atoms with Gasteiger partial charge in [0.2, 0.25) is 0 Å². The summed E-state index contributed by atoms with van der Waals surface area (Å²) in [5.41, 5.74) is 1.67. The van der Waals surface area contributed by atoms with Crippen LogP contribution in [0.2, 0.25) is 5.02 Å². The molecular formula is C14H10ClIN4O. The molecule has 0 aliphatic heterocycles. The maximum Gasteiger partial charge on any atom is 0.165 e. The highest BCUT2D eigenvalue weighted by Crippen LogP contribution is 2.30. The van der Waals surface area contributed by atoms with E-state index >= 15 is 0 Å². The zero-order valence-corrected chi connectivity index (χ0v) is 13.6. The topological polar surface area (TPSA) is 73.1 Å². The Labute approximate surface area is 139 Å². The monoisotopic (exact) mass is 412 g/mol. The first-order chi connectivity index (χ1) is 10.2. The molecule has 0 atom stereocenters. The highest BCUT2D eigenvalue weighted by molar-refractivity contribution is 14.1. The van der Waals surface area contributed by atoms with E-state index in [4.69, 9.17) is 17.5 Å². The molecule has 0 aliphatic rings. The molecule has 1 heterocycles. The summed E-state index contributed by atoms with van der Waals surface area (Å²) >= 11 is 8.32. The van der Waals surface area contributed by atoms with Crippen LogP contribution in [0.1, 0.15) is 0 Å². The van der Waals surface area contributed by atoms with Crippen molar-refractivity contribution >= 4 is 56.6 Å². The summed E-state index contributed by atoms with van der Waals surface area (Å²) < 4.78 is 1.11. The normalized spacial score (nSPS) is 10.6. The molecule has 0 spiro atoms. The maximum absolute atomic E-state index is 6.06. The molecule has 3 rings (SSSR count). The third-order valence-electron chi connectivity index (χ3n) is 2.92. The minimum atomic E-state index is 0.421. The van der Waals surface area contributed by atoms with Crippen LogP contribution in [0.5, 0.6) is 5.75 Å². The fourth-order valence-corrected chi connectivity index (χ4v) is 2.66. The van der Waals surface area contributed by atoms with Crippen LogP contribution in [-0.4, -0.2) is 9.97 Å². The van der Waals surface area contributed by atoms with E-state index in [1.165, 1.54) is 6.33 Å². The van der Waals surface area contributed by atoms with Crippen LogP contribution < -0.4 is 16.1 Å². The number of nitrogens with two attached hydrogens (primary N) is 1. The Bertz CT molecular complexity index is 812. The summed E-state index contributed by atoms with van der Waals surface area (Å²) in [6.45, 7) is 0. The van der Waals surface area contributed by atoms with Gasteiger partial charge in [0.25, 0.3) is 0 Å². The second-order valence-corrected chi connectivity index (χ2v) is 5.92. The van der Waals surface area contributed by atoms with E-state index in [9.17, 15) is 0 Å². The van der Waals surface area contributed by atoms with Crippen LogP contribution >= 0.6 is 34.2 Å². The first-order valence-corrected chi connectivity index (χ1v) is 7.46. The van der Waals surface area contributed by atoms with Crippen LogP contribution in [0.25, 0.3) is 10.9 Å². The van der Waals surface area contributed by atoms with Gasteiger partial charge >= 0.3 is 0 Å². The van der Waals surface area contributed by atoms with E-state index in [1.54, 1.807) is 12.1 Å². The largest absolute Gasteiger partial charge is 0.410 e. The van der Waals surface area contributed by atoms with Gasteiger partial charge in [0, 0.05) is 14.6 Å². The van der Waals surface area contributed by atoms with Crippen molar-refractivity contribution in [2.24, 2.45) is 5.90 Å². The van der Waals surface area contributed by atoms with Gasteiger partial charge in [0.1, 0.15) is 12.1 Å². The number of rotatable bonds is 3. The lowest BCUT2D eigenvalue weighted by Gasteiger charge is -2.10. The van der Waals surface area contributed by atoms with E-state index in [0.29, 0.717) is 10.8 Å². The third-order valence-corrected chi connectivity index (χ3v) is 3.89. The van der Waals surface area contributed by atoms with Crippen LogP contribution in [0, 0.1) is 3.57 Å². The van der Waals surface area contributed by atoms with Gasteiger partial charge in [0.05, 0.1) is 10.5 Å². The Morgan fingerprint density at radius 1 is 1.14 bits per heavy atom. The van der Waals surface area contributed by atoms with Gasteiger partial charge in [-0.3, -0.25) is 0 Å². The third kappa shape index (κ3) is 3.02. The number of halogens is 2. The van der Waals surface area contributed by atoms with E-state index in [1.807, 2.05) is 24.3 Å². The average molecular weight is 413 g/mol. The summed E-state index contributed by atoms with van der Waals surface area (Å²) in [5.74, 6) is 6.26. The number of benzene rings is 2. The van der Waals surface area contributed by atoms with E-state index in [-0.39, 0.29) is 0 Å². The predicted molar refractivity (Wildman–Crippen MR) is 91.8 cm³/mol. The molecule has 3 N–H and O–H groups in total. The van der Waals surface area contributed by atoms with Gasteiger partial charge in [-0.2, -0.15) is 5.90 Å². The second kappa shape index (κ2) is 6.00. The molecule has 0 saturated heterocycles. The van der Waals surface area contributed by atoms with Crippen molar-refractivity contribution in [3.63, 3.8) is 0 Å². The molecule has 2 aromatic carbocycles. The minimum absolute atomic E-state index is 0.421. The number of hydrogen-bond acceptors (Lipinski definition) is 5. The van der Waals surface area contributed by atoms with Crippen LogP contribution in [0.4, 0.5) is 11.5 Å². The molecule has 0 radical (unpaired) electrons. The first-order valence-electron chi connectivity index (χ1n) is 6.01. The highest BCUT2D eigenvalue weighted by Gasteiger charge is 2.07. The molecule has 3 aromatic rings. The van der Waals surface area contributed by atoms with Crippen molar-refractivity contribution in [2.75, 3.05) is 5.32 Å². The van der Waals surface area contributed by atoms with E-state index in [0.717, 1.165) is 26.0 Å². The molecule has 0 unspecified atom stereocenters. The molecule has 7 heteroatoms. The van der Waals surface area contributed by atoms with Gasteiger partial charge in [0.15, 0.2) is 5.75 Å². The Morgan fingerprint density at radius 2 is 2.00 bits per heavy atom. The fourth-order valence-electron chi connectivity index (χ4n) is 1.94. The zero-order chi connectivity index (χ0) is 14.8. The van der Waals surface area contributed by atoms with Crippen LogP contribution in [0.3, 0.4) is 0 Å². The van der Waals surface area contributed by atoms with Crippen molar-refractivity contribution in [1.82, 2.24) is 9.97 Å². The maximum atomic E-state index is 6.06. The minimum Gasteiger partial charge on any atom is -0.410 e. The van der Waals surface area contributed by atoms with Gasteiger partial charge in [-0.15, -0.1) is 0 Å². The molecule has 0 saturated carbocycles. The van der Waals surface area contributed by atoms with Crippen molar-refractivity contribution < 1.29 is 4.84 Å². The standard InChI is InChI=1S/C14H10ClIN4O/c15-11-6-9(2-4-13(11)21-17)20-14-10-5-8(16)1-3-12(10)18-7-19-14/h1-7H,17H2,(H,18,19,20). The molecule has 0 bridgehead atoms. The molecule has 5 nitrogen and oxygen atoms in total. The molecule has 0 fully saturated rings. The zero-order valence-electron chi connectivity index (χ0n) is 10.7. The second-order valence-electron chi connectivity index (χ2n) is 4.27. The van der Waals surface area contributed by atoms with Crippen molar-refractivity contribution in [3.8, 4) is 5.75 Å². The number of nitrogens with one attached hydrogen (secondary N) is 1. The predicted octanol–water partition coefficient (Wildman–Crippen LogP) is 3.88. The number of nitrogens with zero attached hydrogens (tertiary/aromatic N) is 2. The van der Waals surface area contributed by atoms with E-state index < -0.39 is 0 Å². The average Bonchev–Trinajstić information content (AvgIpc) is 2.48. The summed E-state index contributed by atoms with van der Waals surface area (Å²) in [6.07, 6.45) is 1.52. The quantitative estimate of drug-likeness (QED) is 0.504. The Balaban J connectivity index is 2.01. The summed E-state index contributed by atoms with van der Waals surface area (Å²) in [7, 11) is 0. The number of aromatic nitrogens is 2. The number of anilines is 2. The van der Waals surface area contributed by atoms with Crippen molar-refractivity contribution in [2.45, 2.75) is 0 Å². The lowest BCUT2D eigenvalue weighted by atomic mass is 10.2. The SMILES string of the molecule is NOc1ccc(Nc2ncnc3ccc(I)cc23)cc1Cl. The van der Waals surface area contributed by atoms with Gasteiger partial charge in [-0.1, -0.05) is 11.6 Å². The van der Waals surface area contributed by atoms with Crippen LogP contribution in [-0.2, 0) is 0 Å². The number of hydrogen-bond donors (Lipinski definition) is 2. The van der Waals surface area contributed by atoms with Crippen molar-refractivity contribution in [1.29, 1.82) is 0 Å².